The number of hydrogen-bond acceptors (Lipinski definition) is 3. The minimum absolute atomic E-state index is 0.552. The standard InChI is InChI=1S/C9H14N2S/c1-8(2)11-5-3-4-9-6-10-7-12-9/h3-4,6-8,11H,5H2,1-2H3/b4-3+. The summed E-state index contributed by atoms with van der Waals surface area (Å²) in [4.78, 5) is 5.19. The molecule has 0 atom stereocenters. The smallest absolute Gasteiger partial charge is 0.0797 e. The second-order valence-electron chi connectivity index (χ2n) is 2.87. The number of rotatable bonds is 4. The van der Waals surface area contributed by atoms with Gasteiger partial charge in [-0.3, -0.25) is 4.98 Å². The molecule has 1 aromatic heterocycles. The molecule has 0 fully saturated rings. The van der Waals surface area contributed by atoms with Crippen LogP contribution in [0.2, 0.25) is 0 Å². The van der Waals surface area contributed by atoms with E-state index in [0.29, 0.717) is 6.04 Å². The van der Waals surface area contributed by atoms with Crippen molar-refractivity contribution in [1.29, 1.82) is 0 Å². The van der Waals surface area contributed by atoms with E-state index in [9.17, 15) is 0 Å². The molecule has 0 aliphatic heterocycles. The Labute approximate surface area is 77.3 Å². The summed E-state index contributed by atoms with van der Waals surface area (Å²) in [7, 11) is 0. The van der Waals surface area contributed by atoms with Crippen molar-refractivity contribution in [3.63, 3.8) is 0 Å². The van der Waals surface area contributed by atoms with Crippen LogP contribution in [-0.4, -0.2) is 17.6 Å². The summed E-state index contributed by atoms with van der Waals surface area (Å²) < 4.78 is 0. The second-order valence-corrected chi connectivity index (χ2v) is 3.79. The van der Waals surface area contributed by atoms with Crippen LogP contribution in [-0.2, 0) is 0 Å². The second kappa shape index (κ2) is 5.06. The molecule has 0 radical (unpaired) electrons. The fourth-order valence-electron chi connectivity index (χ4n) is 0.787. The predicted molar refractivity (Wildman–Crippen MR) is 54.3 cm³/mol. The van der Waals surface area contributed by atoms with E-state index in [2.05, 4.69) is 36.3 Å². The van der Waals surface area contributed by atoms with Gasteiger partial charge in [-0.2, -0.15) is 0 Å². The first kappa shape index (κ1) is 9.42. The molecule has 0 saturated heterocycles. The Kier molecular flexibility index (Phi) is 3.97. The average Bonchev–Trinajstić information content (AvgIpc) is 2.49. The third-order valence-corrected chi connectivity index (χ3v) is 2.12. The van der Waals surface area contributed by atoms with Gasteiger partial charge in [0.05, 0.1) is 5.51 Å². The van der Waals surface area contributed by atoms with Gasteiger partial charge in [-0.15, -0.1) is 11.3 Å². The summed E-state index contributed by atoms with van der Waals surface area (Å²) in [6.45, 7) is 5.21. The molecule has 2 nitrogen and oxygen atoms in total. The normalized spacial score (nSPS) is 11.6. The Morgan fingerprint density at radius 2 is 2.50 bits per heavy atom. The van der Waals surface area contributed by atoms with E-state index >= 15 is 0 Å². The maximum atomic E-state index is 3.98. The van der Waals surface area contributed by atoms with Gasteiger partial charge in [-0.1, -0.05) is 19.9 Å². The summed E-state index contributed by atoms with van der Waals surface area (Å²) in [5.74, 6) is 0. The molecule has 0 amide bonds. The SMILES string of the molecule is CC(C)NC/C=C/c1cncs1. The molecule has 0 aromatic carbocycles. The van der Waals surface area contributed by atoms with Gasteiger partial charge in [-0.05, 0) is 6.08 Å². The summed E-state index contributed by atoms with van der Waals surface area (Å²) in [5.41, 5.74) is 1.84. The van der Waals surface area contributed by atoms with E-state index in [0.717, 1.165) is 6.54 Å². The van der Waals surface area contributed by atoms with Crippen LogP contribution in [0.1, 0.15) is 18.7 Å². The summed E-state index contributed by atoms with van der Waals surface area (Å²) in [5, 5.41) is 3.31. The summed E-state index contributed by atoms with van der Waals surface area (Å²) in [6.07, 6.45) is 6.08. The molecular weight excluding hydrogens is 168 g/mol. The zero-order valence-corrected chi connectivity index (χ0v) is 8.27. The first-order valence-electron chi connectivity index (χ1n) is 4.07. The van der Waals surface area contributed by atoms with Crippen molar-refractivity contribution in [2.45, 2.75) is 19.9 Å². The number of hydrogen-bond donors (Lipinski definition) is 1. The van der Waals surface area contributed by atoms with E-state index in [1.807, 2.05) is 11.7 Å². The van der Waals surface area contributed by atoms with Crippen molar-refractivity contribution in [1.82, 2.24) is 10.3 Å². The van der Waals surface area contributed by atoms with Crippen LogP contribution >= 0.6 is 11.3 Å². The van der Waals surface area contributed by atoms with Crippen LogP contribution in [0.5, 0.6) is 0 Å². The van der Waals surface area contributed by atoms with Crippen molar-refractivity contribution < 1.29 is 0 Å². The summed E-state index contributed by atoms with van der Waals surface area (Å²) in [6, 6.07) is 0.552. The molecular formula is C9H14N2S. The van der Waals surface area contributed by atoms with Crippen LogP contribution in [0.3, 0.4) is 0 Å². The van der Waals surface area contributed by atoms with E-state index in [-0.39, 0.29) is 0 Å². The maximum Gasteiger partial charge on any atom is 0.0797 e. The van der Waals surface area contributed by atoms with Crippen molar-refractivity contribution in [3.05, 3.63) is 22.7 Å². The number of nitrogens with one attached hydrogen (secondary N) is 1. The average molecular weight is 182 g/mol. The highest BCUT2D eigenvalue weighted by atomic mass is 32.1. The highest BCUT2D eigenvalue weighted by Gasteiger charge is 1.88. The van der Waals surface area contributed by atoms with E-state index < -0.39 is 0 Å². The van der Waals surface area contributed by atoms with Crippen molar-refractivity contribution in [2.24, 2.45) is 0 Å². The molecule has 0 bridgehead atoms. The number of thiazole rings is 1. The van der Waals surface area contributed by atoms with Crippen LogP contribution < -0.4 is 5.32 Å². The van der Waals surface area contributed by atoms with Gasteiger partial charge in [0.2, 0.25) is 0 Å². The lowest BCUT2D eigenvalue weighted by Crippen LogP contribution is -2.22. The van der Waals surface area contributed by atoms with Gasteiger partial charge in [0, 0.05) is 23.7 Å². The zero-order chi connectivity index (χ0) is 8.81. The van der Waals surface area contributed by atoms with E-state index in [4.69, 9.17) is 0 Å². The third-order valence-electron chi connectivity index (χ3n) is 1.38. The minimum atomic E-state index is 0.552. The van der Waals surface area contributed by atoms with Crippen molar-refractivity contribution >= 4 is 17.4 Å². The molecule has 0 aliphatic rings. The lowest BCUT2D eigenvalue weighted by atomic mass is 10.4. The van der Waals surface area contributed by atoms with E-state index in [1.165, 1.54) is 4.88 Å². The largest absolute Gasteiger partial charge is 0.311 e. The Morgan fingerprint density at radius 1 is 1.67 bits per heavy atom. The first-order chi connectivity index (χ1) is 5.79. The van der Waals surface area contributed by atoms with Crippen molar-refractivity contribution in [3.8, 4) is 0 Å². The molecule has 1 N–H and O–H groups in total. The Morgan fingerprint density at radius 3 is 3.08 bits per heavy atom. The topological polar surface area (TPSA) is 24.9 Å². The summed E-state index contributed by atoms with van der Waals surface area (Å²) >= 11 is 1.66. The lowest BCUT2D eigenvalue weighted by Gasteiger charge is -2.02. The Balaban J connectivity index is 2.23. The highest BCUT2D eigenvalue weighted by Crippen LogP contribution is 2.06. The monoisotopic (exact) mass is 182 g/mol. The van der Waals surface area contributed by atoms with Crippen LogP contribution in [0.15, 0.2) is 17.8 Å². The fraction of sp³-hybridized carbons (Fsp3) is 0.444. The molecule has 0 unspecified atom stereocenters. The lowest BCUT2D eigenvalue weighted by molar-refractivity contribution is 0.633. The Hall–Kier alpha value is -0.670. The molecule has 1 heterocycles. The van der Waals surface area contributed by atoms with Crippen molar-refractivity contribution in [2.75, 3.05) is 6.54 Å². The molecule has 12 heavy (non-hydrogen) atoms. The van der Waals surface area contributed by atoms with Crippen LogP contribution in [0.25, 0.3) is 6.08 Å². The van der Waals surface area contributed by atoms with Gasteiger partial charge < -0.3 is 5.32 Å². The fourth-order valence-corrected chi connectivity index (χ4v) is 1.33. The molecule has 0 saturated carbocycles. The van der Waals surface area contributed by atoms with Crippen LogP contribution in [0.4, 0.5) is 0 Å². The molecule has 1 aromatic rings. The van der Waals surface area contributed by atoms with Gasteiger partial charge in [0.1, 0.15) is 0 Å². The third kappa shape index (κ3) is 3.64. The van der Waals surface area contributed by atoms with Crippen LogP contribution in [0, 0.1) is 0 Å². The quantitative estimate of drug-likeness (QED) is 0.771. The molecule has 0 spiro atoms. The maximum absolute atomic E-state index is 3.98. The van der Waals surface area contributed by atoms with Gasteiger partial charge >= 0.3 is 0 Å². The highest BCUT2D eigenvalue weighted by molar-refractivity contribution is 7.10. The molecule has 3 heteroatoms. The Bertz CT molecular complexity index is 227. The minimum Gasteiger partial charge on any atom is -0.311 e. The number of nitrogens with zero attached hydrogens (tertiary/aromatic N) is 1. The molecule has 66 valence electrons. The molecule has 0 aliphatic carbocycles. The van der Waals surface area contributed by atoms with Gasteiger partial charge in [-0.25, -0.2) is 0 Å². The number of aromatic nitrogens is 1. The molecule has 1 rings (SSSR count). The van der Waals surface area contributed by atoms with Gasteiger partial charge in [0.15, 0.2) is 0 Å². The predicted octanol–water partition coefficient (Wildman–Crippen LogP) is 2.15. The van der Waals surface area contributed by atoms with E-state index in [1.54, 1.807) is 11.3 Å². The zero-order valence-electron chi connectivity index (χ0n) is 7.45. The van der Waals surface area contributed by atoms with Gasteiger partial charge in [0.25, 0.3) is 0 Å². The first-order valence-corrected chi connectivity index (χ1v) is 4.95.